The van der Waals surface area contributed by atoms with Crippen LogP contribution in [0.4, 0.5) is 5.69 Å². The molecule has 1 N–H and O–H groups in total. The maximum atomic E-state index is 13.1. The van der Waals surface area contributed by atoms with Gasteiger partial charge in [-0.2, -0.15) is 4.31 Å². The highest BCUT2D eigenvalue weighted by molar-refractivity contribution is 7.89. The summed E-state index contributed by atoms with van der Waals surface area (Å²) in [5.74, 6) is 0.440. The molecule has 0 atom stereocenters. The van der Waals surface area contributed by atoms with Crippen molar-refractivity contribution in [1.29, 1.82) is 0 Å². The minimum absolute atomic E-state index is 0.145. The van der Waals surface area contributed by atoms with Gasteiger partial charge in [-0.1, -0.05) is 26.8 Å². The predicted molar refractivity (Wildman–Crippen MR) is 130 cm³/mol. The maximum Gasteiger partial charge on any atom is 0.266 e. The first-order valence-electron chi connectivity index (χ1n) is 10.8. The number of morpholine rings is 1. The van der Waals surface area contributed by atoms with Gasteiger partial charge in [0.15, 0.2) is 0 Å². The topological polar surface area (TPSA) is 101 Å². The molecule has 4 rings (SSSR count). The highest BCUT2D eigenvalue weighted by atomic mass is 32.2. The largest absolute Gasteiger partial charge is 0.379 e. The van der Waals surface area contributed by atoms with E-state index in [9.17, 15) is 13.2 Å². The molecular formula is C23H28N4O4S2. The Morgan fingerprint density at radius 1 is 1.15 bits per heavy atom. The molecule has 0 aliphatic carbocycles. The van der Waals surface area contributed by atoms with Crippen LogP contribution in [0.2, 0.25) is 0 Å². The average Bonchev–Trinajstić information content (AvgIpc) is 3.11. The number of carbonyl (C=O) groups excluding carboxylic acids is 1. The molecule has 0 spiro atoms. The lowest BCUT2D eigenvalue weighted by atomic mass is 9.95. The smallest absolute Gasteiger partial charge is 0.266 e. The van der Waals surface area contributed by atoms with Gasteiger partial charge in [-0.3, -0.25) is 4.79 Å². The average molecular weight is 489 g/mol. The molecule has 0 radical (unpaired) electrons. The quantitative estimate of drug-likeness (QED) is 0.598. The number of rotatable bonds is 4. The number of carbonyl (C=O) groups is 1. The molecule has 10 heteroatoms. The van der Waals surface area contributed by atoms with Gasteiger partial charge in [0.05, 0.1) is 28.7 Å². The monoisotopic (exact) mass is 488 g/mol. The third kappa shape index (κ3) is 4.65. The van der Waals surface area contributed by atoms with E-state index in [4.69, 9.17) is 9.72 Å². The minimum atomic E-state index is -3.65. The van der Waals surface area contributed by atoms with Crippen molar-refractivity contribution in [2.45, 2.75) is 44.9 Å². The zero-order valence-electron chi connectivity index (χ0n) is 19.4. The number of nitrogens with zero attached hydrogens (tertiary/aromatic N) is 3. The second-order valence-electron chi connectivity index (χ2n) is 9.12. The Morgan fingerprint density at radius 3 is 2.52 bits per heavy atom. The van der Waals surface area contributed by atoms with E-state index in [1.165, 1.54) is 27.8 Å². The van der Waals surface area contributed by atoms with Crippen molar-refractivity contribution in [2.75, 3.05) is 31.6 Å². The molecule has 1 aliphatic heterocycles. The van der Waals surface area contributed by atoms with Crippen LogP contribution < -0.4 is 5.32 Å². The first-order valence-corrected chi connectivity index (χ1v) is 13.0. The first-order chi connectivity index (χ1) is 15.5. The van der Waals surface area contributed by atoms with Crippen LogP contribution in [-0.4, -0.2) is 54.9 Å². The van der Waals surface area contributed by atoms with E-state index >= 15 is 0 Å². The van der Waals surface area contributed by atoms with E-state index < -0.39 is 10.0 Å². The number of amides is 1. The molecule has 1 fully saturated rings. The molecule has 0 bridgehead atoms. The van der Waals surface area contributed by atoms with E-state index in [2.05, 4.69) is 31.1 Å². The van der Waals surface area contributed by atoms with Crippen LogP contribution in [0.3, 0.4) is 0 Å². The number of nitrogens with one attached hydrogen (secondary N) is 1. The summed E-state index contributed by atoms with van der Waals surface area (Å²) in [6, 6.07) is 6.35. The number of anilines is 1. The van der Waals surface area contributed by atoms with Crippen molar-refractivity contribution < 1.29 is 17.9 Å². The molecule has 1 saturated heterocycles. The van der Waals surface area contributed by atoms with Gasteiger partial charge in [-0.05, 0) is 37.6 Å². The summed E-state index contributed by atoms with van der Waals surface area (Å²) >= 11 is 1.32. The van der Waals surface area contributed by atoms with E-state index in [1.807, 2.05) is 13.8 Å². The van der Waals surface area contributed by atoms with Crippen LogP contribution in [0.15, 0.2) is 29.2 Å². The number of ether oxygens (including phenoxy) is 1. The molecule has 3 aromatic rings. The summed E-state index contributed by atoms with van der Waals surface area (Å²) in [7, 11) is -3.65. The van der Waals surface area contributed by atoms with E-state index in [0.29, 0.717) is 36.9 Å². The number of fused-ring (bicyclic) bond motifs is 1. The van der Waals surface area contributed by atoms with Gasteiger partial charge >= 0.3 is 0 Å². The molecule has 3 heterocycles. The summed E-state index contributed by atoms with van der Waals surface area (Å²) in [6.45, 7) is 11.4. The standard InChI is InChI=1S/C23H28N4O4S2/c1-14-18-15(2)24-22(23(3,4)5)26-21(18)32-19(14)20(28)25-16-7-6-8-17(13-16)33(29,30)27-9-11-31-12-10-27/h6-8,13H,9-12H2,1-5H3,(H,25,28). The number of aryl methyl sites for hydroxylation is 2. The Hall–Kier alpha value is -2.40. The van der Waals surface area contributed by atoms with Gasteiger partial charge in [0.25, 0.3) is 5.91 Å². The van der Waals surface area contributed by atoms with Gasteiger partial charge in [-0.25, -0.2) is 18.4 Å². The van der Waals surface area contributed by atoms with Crippen LogP contribution in [0.5, 0.6) is 0 Å². The highest BCUT2D eigenvalue weighted by Gasteiger charge is 2.27. The highest BCUT2D eigenvalue weighted by Crippen LogP contribution is 2.33. The number of aromatic nitrogens is 2. The zero-order chi connectivity index (χ0) is 24.0. The summed E-state index contributed by atoms with van der Waals surface area (Å²) < 4.78 is 32.6. The van der Waals surface area contributed by atoms with Crippen molar-refractivity contribution >= 4 is 43.2 Å². The maximum absolute atomic E-state index is 13.1. The van der Waals surface area contributed by atoms with Crippen molar-refractivity contribution in [1.82, 2.24) is 14.3 Å². The summed E-state index contributed by atoms with van der Waals surface area (Å²) in [5.41, 5.74) is 1.88. The third-order valence-electron chi connectivity index (χ3n) is 5.55. The predicted octanol–water partition coefficient (Wildman–Crippen LogP) is 3.88. The van der Waals surface area contributed by atoms with Crippen LogP contribution >= 0.6 is 11.3 Å². The Kier molecular flexibility index (Phi) is 6.30. The molecule has 1 amide bonds. The lowest BCUT2D eigenvalue weighted by molar-refractivity contribution is 0.0730. The molecule has 1 aliphatic rings. The van der Waals surface area contributed by atoms with Crippen LogP contribution in [0.25, 0.3) is 10.2 Å². The molecule has 8 nitrogen and oxygen atoms in total. The number of thiophene rings is 1. The van der Waals surface area contributed by atoms with Gasteiger partial charge < -0.3 is 10.1 Å². The van der Waals surface area contributed by atoms with Gasteiger partial charge in [0, 0.05) is 29.6 Å². The second kappa shape index (κ2) is 8.75. The van der Waals surface area contributed by atoms with Gasteiger partial charge in [0.1, 0.15) is 10.7 Å². The Labute approximate surface area is 198 Å². The summed E-state index contributed by atoms with van der Waals surface area (Å²) in [4.78, 5) is 24.0. The number of hydrogen-bond donors (Lipinski definition) is 1. The summed E-state index contributed by atoms with van der Waals surface area (Å²) in [6.07, 6.45) is 0. The Morgan fingerprint density at radius 2 is 1.85 bits per heavy atom. The van der Waals surface area contributed by atoms with Gasteiger partial charge in [0.2, 0.25) is 10.0 Å². The molecule has 1 aromatic carbocycles. The Balaban J connectivity index is 1.63. The van der Waals surface area contributed by atoms with E-state index in [1.54, 1.807) is 12.1 Å². The van der Waals surface area contributed by atoms with Crippen LogP contribution in [0, 0.1) is 13.8 Å². The second-order valence-corrected chi connectivity index (χ2v) is 12.1. The van der Waals surface area contributed by atoms with Crippen molar-refractivity contribution in [3.8, 4) is 0 Å². The van der Waals surface area contributed by atoms with Gasteiger partial charge in [-0.15, -0.1) is 11.3 Å². The Bertz CT molecular complexity index is 1320. The van der Waals surface area contributed by atoms with E-state index in [0.717, 1.165) is 27.3 Å². The fourth-order valence-electron chi connectivity index (χ4n) is 3.75. The SMILES string of the molecule is Cc1nc(C(C)(C)C)nc2sc(C(=O)Nc3cccc(S(=O)(=O)N4CCOCC4)c3)c(C)c12. The molecular weight excluding hydrogens is 460 g/mol. The number of benzene rings is 1. The normalized spacial score (nSPS) is 15.7. The molecule has 2 aromatic heterocycles. The molecule has 33 heavy (non-hydrogen) atoms. The summed E-state index contributed by atoms with van der Waals surface area (Å²) in [5, 5.41) is 3.75. The number of hydrogen-bond acceptors (Lipinski definition) is 7. The zero-order valence-corrected chi connectivity index (χ0v) is 21.1. The van der Waals surface area contributed by atoms with Crippen molar-refractivity contribution in [3.63, 3.8) is 0 Å². The molecule has 0 unspecified atom stereocenters. The lowest BCUT2D eigenvalue weighted by Gasteiger charge is -2.26. The third-order valence-corrected chi connectivity index (χ3v) is 8.63. The van der Waals surface area contributed by atoms with Crippen LogP contribution in [-0.2, 0) is 20.2 Å². The lowest BCUT2D eigenvalue weighted by Crippen LogP contribution is -2.40. The first kappa shape index (κ1) is 23.7. The fraction of sp³-hybridized carbons (Fsp3) is 0.435. The number of sulfonamides is 1. The molecule has 0 saturated carbocycles. The van der Waals surface area contributed by atoms with Crippen LogP contribution in [0.1, 0.15) is 47.5 Å². The van der Waals surface area contributed by atoms with Crippen molar-refractivity contribution in [3.05, 3.63) is 46.2 Å². The van der Waals surface area contributed by atoms with Crippen molar-refractivity contribution in [2.24, 2.45) is 0 Å². The van der Waals surface area contributed by atoms with E-state index in [-0.39, 0.29) is 16.2 Å². The molecule has 176 valence electrons. The fourth-order valence-corrected chi connectivity index (χ4v) is 6.33. The minimum Gasteiger partial charge on any atom is -0.379 e.